The van der Waals surface area contributed by atoms with Gasteiger partial charge in [-0.05, 0) is 48.9 Å². The van der Waals surface area contributed by atoms with Crippen LogP contribution in [0.4, 0.5) is 5.69 Å². The molecule has 1 unspecified atom stereocenters. The van der Waals surface area contributed by atoms with Crippen molar-refractivity contribution in [3.05, 3.63) is 63.6 Å². The summed E-state index contributed by atoms with van der Waals surface area (Å²) in [6, 6.07) is 14.4. The molecule has 2 amide bonds. The average molecular weight is 480 g/mol. The zero-order chi connectivity index (χ0) is 20.1. The van der Waals surface area contributed by atoms with E-state index in [2.05, 4.69) is 36.8 Å². The lowest BCUT2D eigenvalue weighted by Crippen LogP contribution is -2.41. The lowest BCUT2D eigenvalue weighted by atomic mass is 10.1. The number of thioether (sulfide) groups is 1. The van der Waals surface area contributed by atoms with Crippen LogP contribution in [-0.2, 0) is 9.59 Å². The Balaban J connectivity index is 1.69. The van der Waals surface area contributed by atoms with Gasteiger partial charge in [0.25, 0.3) is 0 Å². The van der Waals surface area contributed by atoms with E-state index in [0.29, 0.717) is 21.6 Å². The Morgan fingerprint density at radius 2 is 1.89 bits per heavy atom. The summed E-state index contributed by atoms with van der Waals surface area (Å²) in [6.07, 6.45) is 0.0753. The molecule has 3 rings (SSSR count). The number of anilines is 1. The Morgan fingerprint density at radius 1 is 1.21 bits per heavy atom. The van der Waals surface area contributed by atoms with Crippen LogP contribution in [0.5, 0.6) is 0 Å². The van der Waals surface area contributed by atoms with Crippen LogP contribution in [-0.4, -0.2) is 27.9 Å². The number of amides is 2. The Bertz CT molecular complexity index is 945. The van der Waals surface area contributed by atoms with E-state index in [1.165, 1.54) is 11.8 Å². The predicted octanol–water partition coefficient (Wildman–Crippen LogP) is 4.44. The molecule has 1 heterocycles. The Labute approximate surface area is 180 Å². The summed E-state index contributed by atoms with van der Waals surface area (Å²) in [7, 11) is 0. The maximum Gasteiger partial charge on any atom is 0.238 e. The van der Waals surface area contributed by atoms with E-state index in [4.69, 9.17) is 11.6 Å². The normalized spacial score (nSPS) is 18.7. The molecule has 0 spiro atoms. The number of nitrogens with zero attached hydrogens (tertiary/aromatic N) is 2. The van der Waals surface area contributed by atoms with E-state index in [-0.39, 0.29) is 18.2 Å². The summed E-state index contributed by atoms with van der Waals surface area (Å²) in [5, 5.41) is 14.1. The quantitative estimate of drug-likeness (QED) is 0.502. The zero-order valence-electron chi connectivity index (χ0n) is 14.8. The van der Waals surface area contributed by atoms with E-state index < -0.39 is 5.25 Å². The minimum Gasteiger partial charge on any atom is -0.325 e. The zero-order valence-corrected chi connectivity index (χ0v) is 17.9. The summed E-state index contributed by atoms with van der Waals surface area (Å²) >= 11 is 10.4. The second-order valence-electron chi connectivity index (χ2n) is 5.95. The lowest BCUT2D eigenvalue weighted by Gasteiger charge is -2.21. The van der Waals surface area contributed by atoms with Crippen molar-refractivity contribution in [3.8, 4) is 0 Å². The molecule has 1 aliphatic heterocycles. The largest absolute Gasteiger partial charge is 0.325 e. The van der Waals surface area contributed by atoms with Gasteiger partial charge in [-0.25, -0.2) is 0 Å². The molecule has 0 aliphatic carbocycles. The van der Waals surface area contributed by atoms with Gasteiger partial charge in [0, 0.05) is 21.6 Å². The molecule has 144 valence electrons. The standard InChI is InChI=1S/C19H16BrClN4O2S/c1-11(12-2-6-14(21)7-3-12)24-25-19-23-17(26)10-16(28-19)18(27)22-15-8-4-13(20)5-9-15/h2-9,16H,10H2,1H3,(H,22,27)(H,23,25,26)/b24-11+. The van der Waals surface area contributed by atoms with Crippen molar-refractivity contribution in [1.29, 1.82) is 0 Å². The second-order valence-corrected chi connectivity index (χ2v) is 8.50. The van der Waals surface area contributed by atoms with E-state index in [1.807, 2.05) is 24.3 Å². The van der Waals surface area contributed by atoms with Gasteiger partial charge in [-0.15, -0.1) is 5.10 Å². The minimum atomic E-state index is -0.581. The monoisotopic (exact) mass is 478 g/mol. The van der Waals surface area contributed by atoms with Crippen LogP contribution in [0.15, 0.2) is 63.2 Å². The van der Waals surface area contributed by atoms with Gasteiger partial charge in [0.2, 0.25) is 11.8 Å². The molecule has 0 radical (unpaired) electrons. The lowest BCUT2D eigenvalue weighted by molar-refractivity contribution is -0.123. The third-order valence-corrected chi connectivity index (χ3v) is 5.68. The number of carbonyl (C=O) groups excluding carboxylic acids is 2. The SMILES string of the molecule is C/C(=N\N=C1NC(=O)CC(C(=O)Nc2ccc(Br)cc2)S1)c1ccc(Cl)cc1. The number of nitrogens with one attached hydrogen (secondary N) is 2. The number of amidine groups is 1. The Kier molecular flexibility index (Phi) is 6.88. The molecule has 2 aromatic carbocycles. The highest BCUT2D eigenvalue weighted by Crippen LogP contribution is 2.23. The highest BCUT2D eigenvalue weighted by Gasteiger charge is 2.30. The van der Waals surface area contributed by atoms with Crippen molar-refractivity contribution >= 4 is 67.7 Å². The summed E-state index contributed by atoms with van der Waals surface area (Å²) < 4.78 is 0.917. The van der Waals surface area contributed by atoms with Gasteiger partial charge < -0.3 is 10.6 Å². The molecule has 1 fully saturated rings. The number of benzene rings is 2. The molecule has 0 aromatic heterocycles. The van der Waals surface area contributed by atoms with Crippen LogP contribution in [0.25, 0.3) is 0 Å². The fraction of sp³-hybridized carbons (Fsp3) is 0.158. The van der Waals surface area contributed by atoms with Crippen LogP contribution >= 0.6 is 39.3 Å². The van der Waals surface area contributed by atoms with Gasteiger partial charge in [-0.3, -0.25) is 9.59 Å². The third-order valence-electron chi connectivity index (χ3n) is 3.83. The van der Waals surface area contributed by atoms with Crippen molar-refractivity contribution in [2.24, 2.45) is 10.2 Å². The molecule has 2 aromatic rings. The molecule has 6 nitrogen and oxygen atoms in total. The summed E-state index contributed by atoms with van der Waals surface area (Å²) in [6.45, 7) is 1.81. The van der Waals surface area contributed by atoms with Crippen LogP contribution in [0.3, 0.4) is 0 Å². The van der Waals surface area contributed by atoms with E-state index in [1.54, 1.807) is 31.2 Å². The number of rotatable bonds is 4. The maximum atomic E-state index is 12.5. The highest BCUT2D eigenvalue weighted by atomic mass is 79.9. The van der Waals surface area contributed by atoms with Gasteiger partial charge in [-0.1, -0.05) is 51.4 Å². The van der Waals surface area contributed by atoms with Gasteiger partial charge >= 0.3 is 0 Å². The smallest absolute Gasteiger partial charge is 0.238 e. The number of hydrogen-bond donors (Lipinski definition) is 2. The van der Waals surface area contributed by atoms with E-state index in [9.17, 15) is 9.59 Å². The highest BCUT2D eigenvalue weighted by molar-refractivity contribution is 9.10. The first kappa shape index (κ1) is 20.6. The predicted molar refractivity (Wildman–Crippen MR) is 118 cm³/mol. The molecular formula is C19H16BrClN4O2S. The maximum absolute atomic E-state index is 12.5. The molecular weight excluding hydrogens is 464 g/mol. The van der Waals surface area contributed by atoms with E-state index >= 15 is 0 Å². The van der Waals surface area contributed by atoms with Crippen molar-refractivity contribution < 1.29 is 9.59 Å². The van der Waals surface area contributed by atoms with Crippen LogP contribution in [0.2, 0.25) is 5.02 Å². The van der Waals surface area contributed by atoms with E-state index in [0.717, 1.165) is 10.0 Å². The van der Waals surface area contributed by atoms with Crippen molar-refractivity contribution in [2.45, 2.75) is 18.6 Å². The fourth-order valence-electron chi connectivity index (χ4n) is 2.36. The minimum absolute atomic E-state index is 0.0753. The van der Waals surface area contributed by atoms with Gasteiger partial charge in [0.05, 0.1) is 5.71 Å². The summed E-state index contributed by atoms with van der Waals surface area (Å²) in [5.74, 6) is -0.527. The number of halogens is 2. The van der Waals surface area contributed by atoms with Crippen molar-refractivity contribution in [3.63, 3.8) is 0 Å². The Morgan fingerprint density at radius 3 is 2.57 bits per heavy atom. The topological polar surface area (TPSA) is 82.9 Å². The van der Waals surface area contributed by atoms with Crippen molar-refractivity contribution in [2.75, 3.05) is 5.32 Å². The third kappa shape index (κ3) is 5.67. The molecule has 1 atom stereocenters. The molecule has 2 N–H and O–H groups in total. The van der Waals surface area contributed by atoms with Gasteiger partial charge in [0.15, 0.2) is 5.17 Å². The first-order chi connectivity index (χ1) is 13.4. The first-order valence-corrected chi connectivity index (χ1v) is 10.4. The van der Waals surface area contributed by atoms with Gasteiger partial charge in [0.1, 0.15) is 5.25 Å². The molecule has 28 heavy (non-hydrogen) atoms. The van der Waals surface area contributed by atoms with Gasteiger partial charge in [-0.2, -0.15) is 5.10 Å². The van der Waals surface area contributed by atoms with Crippen LogP contribution in [0.1, 0.15) is 18.9 Å². The summed E-state index contributed by atoms with van der Waals surface area (Å²) in [5.41, 5.74) is 2.20. The molecule has 0 saturated carbocycles. The molecule has 0 bridgehead atoms. The summed E-state index contributed by atoms with van der Waals surface area (Å²) in [4.78, 5) is 24.5. The second kappa shape index (κ2) is 9.36. The Hall–Kier alpha value is -2.16. The molecule has 1 saturated heterocycles. The fourth-order valence-corrected chi connectivity index (χ4v) is 3.69. The number of carbonyl (C=O) groups is 2. The average Bonchev–Trinajstić information content (AvgIpc) is 2.68. The van der Waals surface area contributed by atoms with Crippen LogP contribution in [0, 0.1) is 0 Å². The number of hydrogen-bond acceptors (Lipinski definition) is 5. The van der Waals surface area contributed by atoms with Crippen LogP contribution < -0.4 is 10.6 Å². The molecule has 1 aliphatic rings. The van der Waals surface area contributed by atoms with Crippen molar-refractivity contribution in [1.82, 2.24) is 5.32 Å². The first-order valence-electron chi connectivity index (χ1n) is 8.32. The molecule has 9 heteroatoms.